The van der Waals surface area contributed by atoms with Crippen molar-refractivity contribution in [3.05, 3.63) is 97.5 Å². The Morgan fingerprint density at radius 3 is 2.23 bits per heavy atom. The topological polar surface area (TPSA) is 63.2 Å². The van der Waals surface area contributed by atoms with Crippen molar-refractivity contribution < 1.29 is 23.2 Å². The van der Waals surface area contributed by atoms with Crippen LogP contribution in [0.25, 0.3) is 0 Å². The lowest BCUT2D eigenvalue weighted by atomic mass is 9.95. The number of rotatable bonds is 9. The summed E-state index contributed by atoms with van der Waals surface area (Å²) >= 11 is 31.1. The normalized spacial score (nSPS) is 17.6. The monoisotopic (exact) mass is 645 g/mol. The van der Waals surface area contributed by atoms with E-state index in [9.17, 15) is 18.8 Å². The van der Waals surface area contributed by atoms with Crippen LogP contribution >= 0.6 is 58.0 Å². The van der Waals surface area contributed by atoms with Crippen molar-refractivity contribution in [1.29, 1.82) is 0 Å². The lowest BCUT2D eigenvalue weighted by molar-refractivity contribution is -0.121. The van der Waals surface area contributed by atoms with Gasteiger partial charge in [0.05, 0.1) is 21.0 Å². The molecule has 0 radical (unpaired) electrons. The number of hydrogen-bond donors (Lipinski definition) is 1. The number of ketones is 2. The van der Waals surface area contributed by atoms with E-state index < -0.39 is 58.3 Å². The maximum Gasteiger partial charge on any atom is 0.231 e. The summed E-state index contributed by atoms with van der Waals surface area (Å²) in [5, 5.41) is 3.41. The number of carbonyl (C=O) groups is 3. The molecule has 11 heteroatoms. The van der Waals surface area contributed by atoms with E-state index in [-0.39, 0.29) is 33.2 Å². The van der Waals surface area contributed by atoms with E-state index in [1.807, 2.05) is 0 Å². The highest BCUT2D eigenvalue weighted by Gasteiger charge is 2.67. The van der Waals surface area contributed by atoms with Crippen molar-refractivity contribution in [1.82, 2.24) is 0 Å². The summed E-state index contributed by atoms with van der Waals surface area (Å²) in [7, 11) is 0. The molecule has 3 aromatic carbocycles. The Balaban J connectivity index is 1.51. The number of alkyl halides is 2. The molecule has 1 N–H and O–H groups in total. The smallest absolute Gasteiger partial charge is 0.231 e. The van der Waals surface area contributed by atoms with Crippen molar-refractivity contribution in [2.45, 2.75) is 36.9 Å². The second-order valence-corrected chi connectivity index (χ2v) is 12.5. The molecule has 1 aliphatic carbocycles. The summed E-state index contributed by atoms with van der Waals surface area (Å²) in [5.74, 6) is -4.98. The first kappa shape index (κ1) is 30.7. The van der Waals surface area contributed by atoms with E-state index in [1.165, 1.54) is 18.2 Å². The summed E-state index contributed by atoms with van der Waals surface area (Å²) in [6.45, 7) is 3.27. The van der Waals surface area contributed by atoms with Crippen LogP contribution in [0.1, 0.15) is 46.8 Å². The van der Waals surface area contributed by atoms with Crippen LogP contribution in [0.4, 0.5) is 14.5 Å². The maximum atomic E-state index is 15.1. The standard InChI is InChI=1S/C29H22Cl5F2NO3/c1-13(2)23(38)12-18-22(35)8-4-15(27(18)36)10-24(39)17-11-16(5-7-19(17)30)37-28(40)26-25(29(26,33)34)14-3-6-20(31)21(32)9-14/h3-9,11,13,25-26H,10,12H2,1-2H3,(H,37,40)/t25-,26+/m0/s1. The zero-order valence-corrected chi connectivity index (χ0v) is 24.9. The van der Waals surface area contributed by atoms with E-state index in [4.69, 9.17) is 58.0 Å². The molecule has 1 amide bonds. The fourth-order valence-electron chi connectivity index (χ4n) is 4.40. The van der Waals surface area contributed by atoms with Gasteiger partial charge in [0, 0.05) is 41.5 Å². The van der Waals surface area contributed by atoms with E-state index in [0.29, 0.717) is 15.6 Å². The van der Waals surface area contributed by atoms with Gasteiger partial charge in [-0.1, -0.05) is 60.8 Å². The molecule has 1 fully saturated rings. The molecule has 0 aliphatic heterocycles. The molecule has 0 unspecified atom stereocenters. The van der Waals surface area contributed by atoms with Crippen molar-refractivity contribution in [3.8, 4) is 0 Å². The number of hydrogen-bond acceptors (Lipinski definition) is 3. The maximum absolute atomic E-state index is 15.1. The van der Waals surface area contributed by atoms with E-state index in [1.54, 1.807) is 32.0 Å². The average Bonchev–Trinajstić information content (AvgIpc) is 3.47. The summed E-state index contributed by atoms with van der Waals surface area (Å²) < 4.78 is 28.0. The molecular formula is C29H22Cl5F2NO3. The Morgan fingerprint density at radius 1 is 0.900 bits per heavy atom. The van der Waals surface area contributed by atoms with Crippen LogP contribution in [0, 0.1) is 23.5 Å². The molecule has 1 aliphatic rings. The van der Waals surface area contributed by atoms with Crippen LogP contribution in [0.5, 0.6) is 0 Å². The van der Waals surface area contributed by atoms with Gasteiger partial charge < -0.3 is 5.32 Å². The van der Waals surface area contributed by atoms with E-state index in [0.717, 1.165) is 12.1 Å². The fourth-order valence-corrected chi connectivity index (χ4v) is 5.76. The quantitative estimate of drug-likeness (QED) is 0.187. The number of benzene rings is 3. The summed E-state index contributed by atoms with van der Waals surface area (Å²) in [5.41, 5.74) is 0.428. The second kappa shape index (κ2) is 11.9. The van der Waals surface area contributed by atoms with Gasteiger partial charge in [0.25, 0.3) is 0 Å². The molecule has 0 bridgehead atoms. The molecule has 40 heavy (non-hydrogen) atoms. The van der Waals surface area contributed by atoms with Crippen molar-refractivity contribution in [3.63, 3.8) is 0 Å². The van der Waals surface area contributed by atoms with Gasteiger partial charge in [0.2, 0.25) is 5.91 Å². The Labute approximate surface area is 254 Å². The Morgan fingerprint density at radius 2 is 1.57 bits per heavy atom. The number of Topliss-reactive ketones (excluding diaryl/α,β-unsaturated/α-hetero) is 2. The minimum absolute atomic E-state index is 0.0165. The van der Waals surface area contributed by atoms with E-state index in [2.05, 4.69) is 5.32 Å². The SMILES string of the molecule is CC(C)C(=O)Cc1c(F)ccc(CC(=O)c2cc(NC(=O)[C@H]3[C@H](c4ccc(Cl)c(Cl)c4)C3(Cl)Cl)ccc2Cl)c1F. The van der Waals surface area contributed by atoms with Crippen LogP contribution in [0.15, 0.2) is 48.5 Å². The third-order valence-electron chi connectivity index (χ3n) is 6.79. The molecule has 4 rings (SSSR count). The number of halogens is 7. The minimum atomic E-state index is -1.39. The molecule has 0 saturated heterocycles. The first-order chi connectivity index (χ1) is 18.7. The number of amides is 1. The Bertz CT molecular complexity index is 1530. The average molecular weight is 648 g/mol. The van der Waals surface area contributed by atoms with Gasteiger partial charge in [0.1, 0.15) is 21.8 Å². The van der Waals surface area contributed by atoms with Gasteiger partial charge in [-0.05, 0) is 47.5 Å². The van der Waals surface area contributed by atoms with E-state index >= 15 is 4.39 Å². The molecule has 0 heterocycles. The first-order valence-electron chi connectivity index (χ1n) is 12.2. The highest BCUT2D eigenvalue weighted by atomic mass is 35.5. The van der Waals surface area contributed by atoms with Crippen LogP contribution in [0.2, 0.25) is 15.1 Å². The van der Waals surface area contributed by atoms with Gasteiger partial charge in [-0.3, -0.25) is 14.4 Å². The minimum Gasteiger partial charge on any atom is -0.326 e. The van der Waals surface area contributed by atoms with Crippen LogP contribution in [-0.4, -0.2) is 21.8 Å². The Kier molecular flexibility index (Phi) is 9.18. The van der Waals surface area contributed by atoms with Gasteiger partial charge in [-0.25, -0.2) is 8.78 Å². The first-order valence-corrected chi connectivity index (χ1v) is 14.1. The molecular weight excluding hydrogens is 626 g/mol. The third-order valence-corrected chi connectivity index (χ3v) is 8.79. The van der Waals surface area contributed by atoms with Gasteiger partial charge in [0.15, 0.2) is 5.78 Å². The van der Waals surface area contributed by atoms with Crippen LogP contribution in [-0.2, 0) is 22.4 Å². The van der Waals surface area contributed by atoms with Crippen molar-refractivity contribution >= 4 is 81.2 Å². The fraction of sp³-hybridized carbons (Fsp3) is 0.276. The van der Waals surface area contributed by atoms with Crippen LogP contribution in [0.3, 0.4) is 0 Å². The molecule has 0 spiro atoms. The lowest BCUT2D eigenvalue weighted by Crippen LogP contribution is -2.18. The lowest BCUT2D eigenvalue weighted by Gasteiger charge is -2.12. The van der Waals surface area contributed by atoms with Gasteiger partial charge >= 0.3 is 0 Å². The molecule has 1 saturated carbocycles. The third kappa shape index (κ3) is 6.32. The van der Waals surface area contributed by atoms with Gasteiger partial charge in [-0.2, -0.15) is 0 Å². The van der Waals surface area contributed by atoms with Crippen molar-refractivity contribution in [2.24, 2.45) is 11.8 Å². The van der Waals surface area contributed by atoms with Gasteiger partial charge in [-0.15, -0.1) is 23.2 Å². The Hall–Kier alpha value is -2.22. The zero-order valence-electron chi connectivity index (χ0n) is 21.1. The highest BCUT2D eigenvalue weighted by molar-refractivity contribution is 6.53. The molecule has 3 aromatic rings. The largest absolute Gasteiger partial charge is 0.326 e. The van der Waals surface area contributed by atoms with Crippen molar-refractivity contribution in [2.75, 3.05) is 5.32 Å². The van der Waals surface area contributed by atoms with Crippen LogP contribution < -0.4 is 5.32 Å². The zero-order chi connectivity index (χ0) is 29.5. The number of anilines is 1. The predicted molar refractivity (Wildman–Crippen MR) is 155 cm³/mol. The number of nitrogens with one attached hydrogen (secondary N) is 1. The number of carbonyl (C=O) groups excluding carboxylic acids is 3. The second-order valence-electron chi connectivity index (χ2n) is 9.88. The molecule has 210 valence electrons. The molecule has 2 atom stereocenters. The highest BCUT2D eigenvalue weighted by Crippen LogP contribution is 2.65. The summed E-state index contributed by atoms with van der Waals surface area (Å²) in [6, 6.07) is 11.3. The predicted octanol–water partition coefficient (Wildman–Crippen LogP) is 8.64. The molecule has 0 aromatic heterocycles. The summed E-state index contributed by atoms with van der Waals surface area (Å²) in [4.78, 5) is 38.3. The molecule has 4 nitrogen and oxygen atoms in total. The summed E-state index contributed by atoms with van der Waals surface area (Å²) in [6.07, 6.45) is -0.868.